The summed E-state index contributed by atoms with van der Waals surface area (Å²) in [5, 5.41) is 15.1. The number of hydrogen-bond donors (Lipinski definition) is 1. The normalized spacial score (nSPS) is 10.4. The van der Waals surface area contributed by atoms with Gasteiger partial charge in [-0.15, -0.1) is 11.3 Å². The largest absolute Gasteiger partial charge is 0.465 e. The smallest absolute Gasteiger partial charge is 0.339 e. The van der Waals surface area contributed by atoms with E-state index < -0.39 is 10.9 Å². The molecule has 0 fully saturated rings. The molecule has 0 bridgehead atoms. The average molecular weight is 336 g/mol. The molecule has 0 saturated carbocycles. The molecule has 0 spiro atoms. The van der Waals surface area contributed by atoms with Crippen LogP contribution in [0.3, 0.4) is 0 Å². The third kappa shape index (κ3) is 4.01. The first-order valence-corrected chi connectivity index (χ1v) is 7.63. The fraction of sp³-hybridized carbons (Fsp3) is 0.357. The van der Waals surface area contributed by atoms with E-state index in [9.17, 15) is 14.9 Å². The van der Waals surface area contributed by atoms with Crippen LogP contribution in [0.25, 0.3) is 0 Å². The number of carbonyl (C=O) groups is 1. The maximum Gasteiger partial charge on any atom is 0.339 e. The first kappa shape index (κ1) is 16.8. The molecule has 0 amide bonds. The number of nitro groups is 1. The number of pyridine rings is 1. The molecule has 9 heteroatoms. The van der Waals surface area contributed by atoms with Crippen molar-refractivity contribution in [1.29, 1.82) is 0 Å². The molecule has 0 aromatic carbocycles. The predicted molar refractivity (Wildman–Crippen MR) is 86.0 cm³/mol. The second kappa shape index (κ2) is 7.14. The molecule has 2 rings (SSSR count). The zero-order chi connectivity index (χ0) is 17.0. The van der Waals surface area contributed by atoms with Gasteiger partial charge in [0.05, 0.1) is 28.3 Å². The van der Waals surface area contributed by atoms with E-state index in [4.69, 9.17) is 0 Å². The Kier molecular flexibility index (Phi) is 5.22. The Morgan fingerprint density at radius 1 is 1.48 bits per heavy atom. The van der Waals surface area contributed by atoms with Gasteiger partial charge in [-0.1, -0.05) is 0 Å². The van der Waals surface area contributed by atoms with E-state index in [-0.39, 0.29) is 17.1 Å². The Labute approximate surface area is 136 Å². The molecule has 0 unspecified atom stereocenters. The van der Waals surface area contributed by atoms with Gasteiger partial charge in [0.1, 0.15) is 0 Å². The van der Waals surface area contributed by atoms with Crippen LogP contribution in [-0.4, -0.2) is 34.5 Å². The number of anilines is 1. The van der Waals surface area contributed by atoms with Crippen molar-refractivity contribution < 1.29 is 14.5 Å². The average Bonchev–Trinajstić information content (AvgIpc) is 2.84. The number of aryl methyl sites for hydroxylation is 2. The molecule has 2 heterocycles. The van der Waals surface area contributed by atoms with Gasteiger partial charge in [-0.25, -0.2) is 14.8 Å². The molecule has 2 aromatic rings. The van der Waals surface area contributed by atoms with E-state index in [1.54, 1.807) is 11.3 Å². The number of esters is 1. The molecule has 0 aliphatic rings. The van der Waals surface area contributed by atoms with E-state index in [2.05, 4.69) is 20.0 Å². The van der Waals surface area contributed by atoms with Crippen molar-refractivity contribution in [3.05, 3.63) is 43.5 Å². The fourth-order valence-electron chi connectivity index (χ4n) is 2.06. The molecule has 2 aromatic heterocycles. The Hall–Kier alpha value is -2.55. The van der Waals surface area contributed by atoms with E-state index in [0.29, 0.717) is 13.0 Å². The molecule has 122 valence electrons. The molecule has 0 radical (unpaired) electrons. The minimum Gasteiger partial charge on any atom is -0.465 e. The summed E-state index contributed by atoms with van der Waals surface area (Å²) in [5.41, 5.74) is 0.751. The maximum absolute atomic E-state index is 11.4. The molecule has 0 aliphatic carbocycles. The number of methoxy groups -OCH3 is 1. The van der Waals surface area contributed by atoms with Crippen LogP contribution in [0.4, 0.5) is 11.5 Å². The van der Waals surface area contributed by atoms with E-state index in [0.717, 1.165) is 21.6 Å². The molecule has 1 N–H and O–H groups in total. The number of ether oxygens (including phenoxy) is 1. The zero-order valence-corrected chi connectivity index (χ0v) is 13.8. The van der Waals surface area contributed by atoms with Gasteiger partial charge in [-0.2, -0.15) is 0 Å². The number of thiazole rings is 1. The van der Waals surface area contributed by atoms with Crippen molar-refractivity contribution >= 4 is 28.8 Å². The van der Waals surface area contributed by atoms with Gasteiger partial charge in [0.2, 0.25) is 5.82 Å². The molecule has 23 heavy (non-hydrogen) atoms. The van der Waals surface area contributed by atoms with Crippen LogP contribution < -0.4 is 5.32 Å². The molecule has 0 atom stereocenters. The SMILES string of the molecule is COC(=O)c1cnc(NCCc2sc(C)nc2C)c([N+](=O)[O-])c1. The highest BCUT2D eigenvalue weighted by Gasteiger charge is 2.19. The number of nitrogens with one attached hydrogen (secondary N) is 1. The van der Waals surface area contributed by atoms with Crippen molar-refractivity contribution in [2.24, 2.45) is 0 Å². The summed E-state index contributed by atoms with van der Waals surface area (Å²) in [5.74, 6) is -0.538. The fourth-order valence-corrected chi connectivity index (χ4v) is 2.99. The molecule has 0 saturated heterocycles. The van der Waals surface area contributed by atoms with E-state index in [1.165, 1.54) is 13.3 Å². The van der Waals surface area contributed by atoms with Crippen molar-refractivity contribution in [3.8, 4) is 0 Å². The van der Waals surface area contributed by atoms with Crippen LogP contribution >= 0.6 is 11.3 Å². The molecular formula is C14H16N4O4S. The van der Waals surface area contributed by atoms with Crippen LogP contribution in [0.5, 0.6) is 0 Å². The number of carbonyl (C=O) groups excluding carboxylic acids is 1. The number of hydrogen-bond acceptors (Lipinski definition) is 8. The van der Waals surface area contributed by atoms with Crippen molar-refractivity contribution in [2.45, 2.75) is 20.3 Å². The lowest BCUT2D eigenvalue weighted by Crippen LogP contribution is -2.10. The third-order valence-electron chi connectivity index (χ3n) is 3.13. The summed E-state index contributed by atoms with van der Waals surface area (Å²) >= 11 is 1.60. The van der Waals surface area contributed by atoms with Crippen molar-refractivity contribution in [1.82, 2.24) is 9.97 Å². The van der Waals surface area contributed by atoms with Gasteiger partial charge in [-0.3, -0.25) is 10.1 Å². The van der Waals surface area contributed by atoms with Crippen LogP contribution in [0.2, 0.25) is 0 Å². The van der Waals surface area contributed by atoms with Crippen molar-refractivity contribution in [3.63, 3.8) is 0 Å². The third-order valence-corrected chi connectivity index (χ3v) is 4.26. The monoisotopic (exact) mass is 336 g/mol. The number of rotatable bonds is 6. The van der Waals surface area contributed by atoms with Crippen LogP contribution in [0.15, 0.2) is 12.3 Å². The van der Waals surface area contributed by atoms with E-state index >= 15 is 0 Å². The second-order valence-corrected chi connectivity index (χ2v) is 6.05. The second-order valence-electron chi connectivity index (χ2n) is 4.76. The molecule has 8 nitrogen and oxygen atoms in total. The highest BCUT2D eigenvalue weighted by Crippen LogP contribution is 2.24. The lowest BCUT2D eigenvalue weighted by Gasteiger charge is -2.07. The standard InChI is InChI=1S/C14H16N4O4S/c1-8-12(23-9(2)17-8)4-5-15-13-11(18(20)21)6-10(7-16-13)14(19)22-3/h6-7H,4-5H2,1-3H3,(H,15,16). The van der Waals surface area contributed by atoms with Crippen LogP contribution in [0, 0.1) is 24.0 Å². The molecular weight excluding hydrogens is 320 g/mol. The van der Waals surface area contributed by atoms with Gasteiger partial charge < -0.3 is 10.1 Å². The van der Waals surface area contributed by atoms with Gasteiger partial charge in [0, 0.05) is 30.1 Å². The summed E-state index contributed by atoms with van der Waals surface area (Å²) in [6.45, 7) is 4.35. The summed E-state index contributed by atoms with van der Waals surface area (Å²) < 4.78 is 4.54. The quantitative estimate of drug-likeness (QED) is 0.490. The Morgan fingerprint density at radius 3 is 2.78 bits per heavy atom. The topological polar surface area (TPSA) is 107 Å². The lowest BCUT2D eigenvalue weighted by molar-refractivity contribution is -0.384. The maximum atomic E-state index is 11.4. The Morgan fingerprint density at radius 2 is 2.22 bits per heavy atom. The summed E-state index contributed by atoms with van der Waals surface area (Å²) in [4.78, 5) is 31.4. The lowest BCUT2D eigenvalue weighted by atomic mass is 10.2. The van der Waals surface area contributed by atoms with Gasteiger partial charge in [-0.05, 0) is 13.8 Å². The highest BCUT2D eigenvalue weighted by atomic mass is 32.1. The number of aromatic nitrogens is 2. The van der Waals surface area contributed by atoms with Crippen LogP contribution in [-0.2, 0) is 11.2 Å². The summed E-state index contributed by atoms with van der Waals surface area (Å²) in [6.07, 6.45) is 1.94. The number of nitrogens with zero attached hydrogens (tertiary/aromatic N) is 3. The zero-order valence-electron chi connectivity index (χ0n) is 13.0. The minimum atomic E-state index is -0.664. The summed E-state index contributed by atoms with van der Waals surface area (Å²) in [6, 6.07) is 1.16. The first-order chi connectivity index (χ1) is 10.9. The minimum absolute atomic E-state index is 0.0404. The van der Waals surface area contributed by atoms with Gasteiger partial charge in [0.25, 0.3) is 0 Å². The van der Waals surface area contributed by atoms with Gasteiger partial charge >= 0.3 is 11.7 Å². The van der Waals surface area contributed by atoms with Crippen molar-refractivity contribution in [2.75, 3.05) is 19.0 Å². The Bertz CT molecular complexity index is 744. The highest BCUT2D eigenvalue weighted by molar-refractivity contribution is 7.11. The van der Waals surface area contributed by atoms with E-state index in [1.807, 2.05) is 13.8 Å². The van der Waals surface area contributed by atoms with Crippen LogP contribution in [0.1, 0.15) is 25.9 Å². The first-order valence-electron chi connectivity index (χ1n) is 6.82. The van der Waals surface area contributed by atoms with Gasteiger partial charge in [0.15, 0.2) is 0 Å². The predicted octanol–water partition coefficient (Wildman–Crippen LogP) is 2.50. The summed E-state index contributed by atoms with van der Waals surface area (Å²) in [7, 11) is 1.21. The Balaban J connectivity index is 2.11. The molecule has 0 aliphatic heterocycles.